The average molecular weight is 314 g/mol. The molecule has 0 spiro atoms. The summed E-state index contributed by atoms with van der Waals surface area (Å²) in [7, 11) is 0. The monoisotopic (exact) mass is 313 g/mol. The molecule has 0 aliphatic heterocycles. The SMILES string of the molecule is CCNC(c1cccc(Cl)c1)c1cccc(C(F)(F)F)c1. The first kappa shape index (κ1) is 15.9. The molecule has 0 amide bonds. The van der Waals surface area contributed by atoms with Crippen LogP contribution < -0.4 is 5.32 Å². The number of nitrogens with one attached hydrogen (secondary N) is 1. The van der Waals surface area contributed by atoms with Crippen LogP contribution in [0, 0.1) is 0 Å². The molecule has 0 aliphatic carbocycles. The lowest BCUT2D eigenvalue weighted by Crippen LogP contribution is -2.22. The maximum Gasteiger partial charge on any atom is 0.416 e. The van der Waals surface area contributed by atoms with Crippen molar-refractivity contribution < 1.29 is 13.2 Å². The lowest BCUT2D eigenvalue weighted by molar-refractivity contribution is -0.137. The van der Waals surface area contributed by atoms with Crippen LogP contribution in [0.4, 0.5) is 13.2 Å². The first-order valence-corrected chi connectivity index (χ1v) is 6.95. The maximum atomic E-state index is 12.8. The van der Waals surface area contributed by atoms with E-state index in [2.05, 4.69) is 5.32 Å². The fraction of sp³-hybridized carbons (Fsp3) is 0.250. The normalized spacial score (nSPS) is 13.2. The zero-order chi connectivity index (χ0) is 15.5. The van der Waals surface area contributed by atoms with Crippen LogP contribution in [0.3, 0.4) is 0 Å². The Morgan fingerprint density at radius 1 is 1.05 bits per heavy atom. The smallest absolute Gasteiger partial charge is 0.307 e. The van der Waals surface area contributed by atoms with E-state index in [1.54, 1.807) is 24.3 Å². The van der Waals surface area contributed by atoms with Gasteiger partial charge in [-0.25, -0.2) is 0 Å². The summed E-state index contributed by atoms with van der Waals surface area (Å²) in [5, 5.41) is 3.75. The minimum atomic E-state index is -4.35. The van der Waals surface area contributed by atoms with E-state index in [9.17, 15) is 13.2 Å². The molecular formula is C16H15ClF3N. The maximum absolute atomic E-state index is 12.8. The van der Waals surface area contributed by atoms with E-state index in [1.165, 1.54) is 12.1 Å². The summed E-state index contributed by atoms with van der Waals surface area (Å²) in [6.07, 6.45) is -4.35. The molecule has 21 heavy (non-hydrogen) atoms. The highest BCUT2D eigenvalue weighted by atomic mass is 35.5. The summed E-state index contributed by atoms with van der Waals surface area (Å²) in [5.41, 5.74) is 0.752. The molecule has 0 aliphatic rings. The Balaban J connectivity index is 2.43. The van der Waals surface area contributed by atoms with Gasteiger partial charge in [-0.2, -0.15) is 13.2 Å². The molecule has 0 saturated heterocycles. The van der Waals surface area contributed by atoms with Crippen molar-refractivity contribution in [2.75, 3.05) is 6.54 Å². The second kappa shape index (κ2) is 6.50. The van der Waals surface area contributed by atoms with Crippen LogP contribution in [0.1, 0.15) is 29.7 Å². The number of hydrogen-bond acceptors (Lipinski definition) is 1. The lowest BCUT2D eigenvalue weighted by Gasteiger charge is -2.20. The van der Waals surface area contributed by atoms with Crippen molar-refractivity contribution in [2.45, 2.75) is 19.1 Å². The van der Waals surface area contributed by atoms with Crippen LogP contribution in [0.2, 0.25) is 5.02 Å². The van der Waals surface area contributed by atoms with Gasteiger partial charge in [0.2, 0.25) is 0 Å². The van der Waals surface area contributed by atoms with E-state index in [0.29, 0.717) is 17.1 Å². The highest BCUT2D eigenvalue weighted by Crippen LogP contribution is 2.32. The fourth-order valence-electron chi connectivity index (χ4n) is 2.21. The highest BCUT2D eigenvalue weighted by molar-refractivity contribution is 6.30. The number of rotatable bonds is 4. The van der Waals surface area contributed by atoms with Crippen molar-refractivity contribution in [1.29, 1.82) is 0 Å². The Morgan fingerprint density at radius 2 is 1.67 bits per heavy atom. The van der Waals surface area contributed by atoms with Crippen LogP contribution in [0.5, 0.6) is 0 Å². The van der Waals surface area contributed by atoms with E-state index < -0.39 is 11.7 Å². The van der Waals surface area contributed by atoms with E-state index >= 15 is 0 Å². The van der Waals surface area contributed by atoms with Gasteiger partial charge < -0.3 is 5.32 Å². The first-order chi connectivity index (χ1) is 9.91. The van der Waals surface area contributed by atoms with E-state index in [4.69, 9.17) is 11.6 Å². The van der Waals surface area contributed by atoms with Gasteiger partial charge in [0.1, 0.15) is 0 Å². The predicted molar refractivity (Wildman–Crippen MR) is 78.4 cm³/mol. The van der Waals surface area contributed by atoms with E-state index in [-0.39, 0.29) is 6.04 Å². The van der Waals surface area contributed by atoms with Crippen molar-refractivity contribution in [2.24, 2.45) is 0 Å². The van der Waals surface area contributed by atoms with Gasteiger partial charge >= 0.3 is 6.18 Å². The molecule has 1 N–H and O–H groups in total. The molecule has 112 valence electrons. The van der Waals surface area contributed by atoms with Gasteiger partial charge in [-0.3, -0.25) is 0 Å². The highest BCUT2D eigenvalue weighted by Gasteiger charge is 2.31. The van der Waals surface area contributed by atoms with Crippen molar-refractivity contribution in [3.8, 4) is 0 Å². The summed E-state index contributed by atoms with van der Waals surface area (Å²) in [6.45, 7) is 2.54. The number of benzene rings is 2. The summed E-state index contributed by atoms with van der Waals surface area (Å²) in [5.74, 6) is 0. The standard InChI is InChI=1S/C16H15ClF3N/c1-2-21-15(12-6-4-8-14(17)10-12)11-5-3-7-13(9-11)16(18,19)20/h3-10,15,21H,2H2,1H3. The van der Waals surface area contributed by atoms with E-state index in [1.807, 2.05) is 13.0 Å². The Morgan fingerprint density at radius 3 is 2.24 bits per heavy atom. The Kier molecular flexibility index (Phi) is 4.91. The molecule has 2 aromatic carbocycles. The van der Waals surface area contributed by atoms with Gasteiger partial charge in [0.25, 0.3) is 0 Å². The largest absolute Gasteiger partial charge is 0.416 e. The Labute approximate surface area is 126 Å². The molecule has 2 aromatic rings. The van der Waals surface area contributed by atoms with Crippen molar-refractivity contribution >= 4 is 11.6 Å². The van der Waals surface area contributed by atoms with Crippen molar-refractivity contribution in [3.05, 3.63) is 70.2 Å². The third-order valence-electron chi connectivity index (χ3n) is 3.14. The summed E-state index contributed by atoms with van der Waals surface area (Å²) < 4.78 is 38.5. The molecule has 1 nitrogen and oxygen atoms in total. The first-order valence-electron chi connectivity index (χ1n) is 6.58. The minimum absolute atomic E-state index is 0.323. The van der Waals surface area contributed by atoms with Gasteiger partial charge in [-0.1, -0.05) is 42.8 Å². The zero-order valence-corrected chi connectivity index (χ0v) is 12.2. The van der Waals surface area contributed by atoms with Gasteiger partial charge in [0.05, 0.1) is 11.6 Å². The molecule has 0 saturated carbocycles. The van der Waals surface area contributed by atoms with Gasteiger partial charge in [0.15, 0.2) is 0 Å². The molecule has 0 heterocycles. The number of halogens is 4. The summed E-state index contributed by atoms with van der Waals surface area (Å²) >= 11 is 5.97. The average Bonchev–Trinajstić information content (AvgIpc) is 2.44. The van der Waals surface area contributed by atoms with Crippen LogP contribution in [0.15, 0.2) is 48.5 Å². The quantitative estimate of drug-likeness (QED) is 0.832. The van der Waals surface area contributed by atoms with Gasteiger partial charge in [-0.05, 0) is 41.9 Å². The number of alkyl halides is 3. The second-order valence-corrected chi connectivity index (χ2v) is 5.11. The van der Waals surface area contributed by atoms with Crippen molar-refractivity contribution in [3.63, 3.8) is 0 Å². The third-order valence-corrected chi connectivity index (χ3v) is 3.37. The number of hydrogen-bond donors (Lipinski definition) is 1. The Hall–Kier alpha value is -1.52. The van der Waals surface area contributed by atoms with Crippen LogP contribution in [-0.2, 0) is 6.18 Å². The van der Waals surface area contributed by atoms with Crippen LogP contribution >= 0.6 is 11.6 Å². The topological polar surface area (TPSA) is 12.0 Å². The molecular weight excluding hydrogens is 299 g/mol. The molecule has 2 rings (SSSR count). The van der Waals surface area contributed by atoms with Crippen molar-refractivity contribution in [1.82, 2.24) is 5.32 Å². The van der Waals surface area contributed by atoms with E-state index in [0.717, 1.165) is 11.6 Å². The molecule has 0 radical (unpaired) electrons. The van der Waals surface area contributed by atoms with Gasteiger partial charge in [0, 0.05) is 5.02 Å². The fourth-order valence-corrected chi connectivity index (χ4v) is 2.41. The molecule has 1 unspecified atom stereocenters. The zero-order valence-electron chi connectivity index (χ0n) is 11.4. The Bertz CT molecular complexity index is 610. The molecule has 0 aromatic heterocycles. The molecule has 0 bridgehead atoms. The molecule has 5 heteroatoms. The third kappa shape index (κ3) is 3.99. The molecule has 0 fully saturated rings. The van der Waals surface area contributed by atoms with Crippen LogP contribution in [-0.4, -0.2) is 6.54 Å². The molecule has 1 atom stereocenters. The lowest BCUT2D eigenvalue weighted by atomic mass is 9.97. The second-order valence-electron chi connectivity index (χ2n) is 4.67. The van der Waals surface area contributed by atoms with Gasteiger partial charge in [-0.15, -0.1) is 0 Å². The minimum Gasteiger partial charge on any atom is -0.307 e. The predicted octanol–water partition coefficient (Wildman–Crippen LogP) is 5.06. The van der Waals surface area contributed by atoms with Crippen LogP contribution in [0.25, 0.3) is 0 Å². The summed E-state index contributed by atoms with van der Waals surface area (Å²) in [4.78, 5) is 0. The summed E-state index contributed by atoms with van der Waals surface area (Å²) in [6, 6.07) is 12.2.